The van der Waals surface area contributed by atoms with Gasteiger partial charge in [0.05, 0.1) is 6.54 Å². The zero-order chi connectivity index (χ0) is 15.0. The molecule has 0 aliphatic rings. The minimum atomic E-state index is -0.696. The summed E-state index contributed by atoms with van der Waals surface area (Å²) in [5.41, 5.74) is 6.59. The first kappa shape index (κ1) is 13.0. The number of rotatable bonds is 3. The van der Waals surface area contributed by atoms with E-state index in [1.54, 1.807) is 6.92 Å². The number of carbonyl (C=O) groups excluding carboxylic acids is 1. The molecular formula is C14H13N5O2. The molecule has 21 heavy (non-hydrogen) atoms. The number of amides is 1. The molecule has 106 valence electrons. The zero-order valence-corrected chi connectivity index (χ0v) is 11.3. The number of H-pyrrole nitrogens is 1. The highest BCUT2D eigenvalue weighted by molar-refractivity contribution is 6.01. The summed E-state index contributed by atoms with van der Waals surface area (Å²) in [4.78, 5) is 34.4. The molecule has 0 radical (unpaired) electrons. The molecule has 3 N–H and O–H groups in total. The van der Waals surface area contributed by atoms with Crippen LogP contribution in [0.3, 0.4) is 0 Å². The summed E-state index contributed by atoms with van der Waals surface area (Å²) < 4.78 is 1.46. The molecule has 2 heterocycles. The predicted octanol–water partition coefficient (Wildman–Crippen LogP) is 0.575. The highest BCUT2D eigenvalue weighted by atomic mass is 16.2. The summed E-state index contributed by atoms with van der Waals surface area (Å²) in [7, 11) is 0. The third-order valence-electron chi connectivity index (χ3n) is 3.15. The van der Waals surface area contributed by atoms with Gasteiger partial charge in [0.1, 0.15) is 11.3 Å². The summed E-state index contributed by atoms with van der Waals surface area (Å²) in [6.07, 6.45) is 0. The summed E-state index contributed by atoms with van der Waals surface area (Å²) in [6, 6.07) is 9.51. The fourth-order valence-corrected chi connectivity index (χ4v) is 2.23. The molecule has 0 aliphatic heterocycles. The standard InChI is InChI=1S/C14H13N5O2/c1-8-16-10(12(15)20)11-13(17-8)19(14(21)18-11)7-9-5-3-2-4-6-9/h2-6H,7H2,1H3,(H2,15,20)(H,18,21). The number of aromatic amines is 1. The lowest BCUT2D eigenvalue weighted by Gasteiger charge is -2.04. The van der Waals surface area contributed by atoms with Crippen LogP contribution in [-0.2, 0) is 6.54 Å². The summed E-state index contributed by atoms with van der Waals surface area (Å²) >= 11 is 0. The second kappa shape index (κ2) is 4.86. The molecule has 0 fully saturated rings. The fourth-order valence-electron chi connectivity index (χ4n) is 2.23. The third-order valence-corrected chi connectivity index (χ3v) is 3.15. The van der Waals surface area contributed by atoms with E-state index in [1.807, 2.05) is 30.3 Å². The monoisotopic (exact) mass is 283 g/mol. The van der Waals surface area contributed by atoms with Crippen LogP contribution in [0.15, 0.2) is 35.1 Å². The highest BCUT2D eigenvalue weighted by Gasteiger charge is 2.17. The first-order valence-corrected chi connectivity index (χ1v) is 6.37. The van der Waals surface area contributed by atoms with Crippen LogP contribution in [0.5, 0.6) is 0 Å². The van der Waals surface area contributed by atoms with Crippen molar-refractivity contribution >= 4 is 17.1 Å². The number of nitrogens with zero attached hydrogens (tertiary/aromatic N) is 3. The Kier molecular flexibility index (Phi) is 3.02. The van der Waals surface area contributed by atoms with E-state index in [0.29, 0.717) is 18.0 Å². The van der Waals surface area contributed by atoms with Crippen molar-refractivity contribution < 1.29 is 4.79 Å². The molecule has 7 heteroatoms. The number of benzene rings is 1. The Morgan fingerprint density at radius 2 is 2.00 bits per heavy atom. The van der Waals surface area contributed by atoms with Gasteiger partial charge in [0, 0.05) is 0 Å². The highest BCUT2D eigenvalue weighted by Crippen LogP contribution is 2.13. The van der Waals surface area contributed by atoms with Gasteiger partial charge in [0.2, 0.25) is 0 Å². The van der Waals surface area contributed by atoms with Crippen molar-refractivity contribution in [3.05, 3.63) is 57.9 Å². The van der Waals surface area contributed by atoms with Crippen molar-refractivity contribution in [1.82, 2.24) is 19.5 Å². The number of aryl methyl sites for hydroxylation is 1. The van der Waals surface area contributed by atoms with Crippen LogP contribution in [0.2, 0.25) is 0 Å². The second-order valence-electron chi connectivity index (χ2n) is 4.68. The van der Waals surface area contributed by atoms with Crippen LogP contribution in [0.1, 0.15) is 21.9 Å². The van der Waals surface area contributed by atoms with E-state index in [0.717, 1.165) is 5.56 Å². The van der Waals surface area contributed by atoms with E-state index in [4.69, 9.17) is 5.73 Å². The number of hydrogen-bond donors (Lipinski definition) is 2. The largest absolute Gasteiger partial charge is 0.364 e. The van der Waals surface area contributed by atoms with Gasteiger partial charge < -0.3 is 10.7 Å². The van der Waals surface area contributed by atoms with Crippen LogP contribution in [-0.4, -0.2) is 25.4 Å². The number of imidazole rings is 1. The fraction of sp³-hybridized carbons (Fsp3) is 0.143. The Labute approximate surface area is 119 Å². The van der Waals surface area contributed by atoms with Gasteiger partial charge in [-0.25, -0.2) is 14.8 Å². The Morgan fingerprint density at radius 1 is 1.29 bits per heavy atom. The number of carbonyl (C=O) groups is 1. The van der Waals surface area contributed by atoms with E-state index in [9.17, 15) is 9.59 Å². The SMILES string of the molecule is Cc1nc(C(N)=O)c2[nH]c(=O)n(Cc3ccccc3)c2n1. The normalized spacial score (nSPS) is 10.9. The second-order valence-corrected chi connectivity index (χ2v) is 4.68. The lowest BCUT2D eigenvalue weighted by molar-refractivity contribution is 0.0997. The van der Waals surface area contributed by atoms with Gasteiger partial charge in [-0.15, -0.1) is 0 Å². The molecule has 7 nitrogen and oxygen atoms in total. The Balaban J connectivity index is 2.22. The van der Waals surface area contributed by atoms with Gasteiger partial charge >= 0.3 is 5.69 Å². The molecule has 3 aromatic rings. The Bertz CT molecular complexity index is 880. The number of fused-ring (bicyclic) bond motifs is 1. The Hall–Kier alpha value is -2.96. The summed E-state index contributed by atoms with van der Waals surface area (Å²) in [5.74, 6) is -0.310. The number of hydrogen-bond acceptors (Lipinski definition) is 4. The van der Waals surface area contributed by atoms with E-state index in [1.165, 1.54) is 4.57 Å². The van der Waals surface area contributed by atoms with Crippen molar-refractivity contribution in [3.63, 3.8) is 0 Å². The van der Waals surface area contributed by atoms with Crippen molar-refractivity contribution in [2.75, 3.05) is 0 Å². The van der Waals surface area contributed by atoms with Crippen LogP contribution < -0.4 is 11.4 Å². The lowest BCUT2D eigenvalue weighted by Crippen LogP contribution is -2.17. The minimum absolute atomic E-state index is 0.0291. The van der Waals surface area contributed by atoms with Crippen molar-refractivity contribution in [2.45, 2.75) is 13.5 Å². The van der Waals surface area contributed by atoms with Crippen LogP contribution in [0.4, 0.5) is 0 Å². The molecule has 1 aromatic carbocycles. The van der Waals surface area contributed by atoms with Gasteiger partial charge in [0.25, 0.3) is 5.91 Å². The molecule has 0 saturated heterocycles. The van der Waals surface area contributed by atoms with Crippen molar-refractivity contribution in [1.29, 1.82) is 0 Å². The maximum atomic E-state index is 12.1. The molecule has 2 aromatic heterocycles. The third kappa shape index (κ3) is 2.29. The van der Waals surface area contributed by atoms with E-state index >= 15 is 0 Å². The summed E-state index contributed by atoms with van der Waals surface area (Å²) in [6.45, 7) is 2.00. The quantitative estimate of drug-likeness (QED) is 0.733. The molecule has 1 amide bonds. The van der Waals surface area contributed by atoms with Crippen molar-refractivity contribution in [3.8, 4) is 0 Å². The van der Waals surface area contributed by atoms with Gasteiger partial charge in [-0.1, -0.05) is 30.3 Å². The van der Waals surface area contributed by atoms with E-state index in [2.05, 4.69) is 15.0 Å². The van der Waals surface area contributed by atoms with Gasteiger partial charge in [-0.05, 0) is 12.5 Å². The molecule has 0 spiro atoms. The van der Waals surface area contributed by atoms with Crippen LogP contribution in [0, 0.1) is 6.92 Å². The summed E-state index contributed by atoms with van der Waals surface area (Å²) in [5, 5.41) is 0. The lowest BCUT2D eigenvalue weighted by atomic mass is 10.2. The van der Waals surface area contributed by atoms with Crippen molar-refractivity contribution in [2.24, 2.45) is 5.73 Å². The first-order chi connectivity index (χ1) is 10.1. The van der Waals surface area contributed by atoms with E-state index in [-0.39, 0.29) is 16.9 Å². The molecule has 0 atom stereocenters. The number of primary amides is 1. The predicted molar refractivity (Wildman–Crippen MR) is 76.9 cm³/mol. The average Bonchev–Trinajstić information content (AvgIpc) is 2.76. The first-order valence-electron chi connectivity index (χ1n) is 6.37. The molecule has 3 rings (SSSR count). The molecule has 0 saturated carbocycles. The maximum absolute atomic E-state index is 12.1. The van der Waals surface area contributed by atoms with Crippen LogP contribution >= 0.6 is 0 Å². The van der Waals surface area contributed by atoms with Crippen LogP contribution in [0.25, 0.3) is 11.2 Å². The molecule has 0 aliphatic carbocycles. The molecule has 0 unspecified atom stereocenters. The van der Waals surface area contributed by atoms with Gasteiger partial charge in [-0.2, -0.15) is 0 Å². The smallest absolute Gasteiger partial charge is 0.328 e. The number of nitrogens with one attached hydrogen (secondary N) is 1. The maximum Gasteiger partial charge on any atom is 0.328 e. The Morgan fingerprint density at radius 3 is 2.67 bits per heavy atom. The molecule has 0 bridgehead atoms. The zero-order valence-electron chi connectivity index (χ0n) is 11.3. The number of aromatic nitrogens is 4. The molecular weight excluding hydrogens is 270 g/mol. The van der Waals surface area contributed by atoms with E-state index < -0.39 is 5.91 Å². The topological polar surface area (TPSA) is 107 Å². The average molecular weight is 283 g/mol. The van der Waals surface area contributed by atoms with Gasteiger partial charge in [-0.3, -0.25) is 9.36 Å². The number of nitrogens with two attached hydrogens (primary N) is 1. The van der Waals surface area contributed by atoms with Gasteiger partial charge in [0.15, 0.2) is 11.3 Å². The minimum Gasteiger partial charge on any atom is -0.364 e.